The SMILES string of the molecule is Cc1ccc(NC2CCC(=O)CC2)cc1Cl. The molecule has 2 rings (SSSR count). The van der Waals surface area contributed by atoms with Crippen molar-refractivity contribution in [2.24, 2.45) is 0 Å². The molecule has 1 N–H and O–H groups in total. The van der Waals surface area contributed by atoms with Crippen molar-refractivity contribution in [3.05, 3.63) is 28.8 Å². The number of carbonyl (C=O) groups excluding carboxylic acids is 1. The molecular formula is C13H16ClNO. The fraction of sp³-hybridized carbons (Fsp3) is 0.462. The Balaban J connectivity index is 1.98. The molecule has 0 bridgehead atoms. The second-order valence-corrected chi connectivity index (χ2v) is 4.83. The maximum absolute atomic E-state index is 11.1. The van der Waals surface area contributed by atoms with E-state index < -0.39 is 0 Å². The van der Waals surface area contributed by atoms with Crippen LogP contribution in [0.3, 0.4) is 0 Å². The topological polar surface area (TPSA) is 29.1 Å². The molecule has 1 aromatic carbocycles. The van der Waals surface area contributed by atoms with Crippen molar-refractivity contribution in [3.8, 4) is 0 Å². The Kier molecular flexibility index (Phi) is 3.49. The highest BCUT2D eigenvalue weighted by atomic mass is 35.5. The lowest BCUT2D eigenvalue weighted by molar-refractivity contribution is -0.120. The molecule has 1 aromatic rings. The van der Waals surface area contributed by atoms with Crippen molar-refractivity contribution in [2.45, 2.75) is 38.6 Å². The number of Topliss-reactive ketones (excluding diaryl/α,β-unsaturated/α-hetero) is 1. The zero-order chi connectivity index (χ0) is 11.5. The Morgan fingerprint density at radius 3 is 2.62 bits per heavy atom. The van der Waals surface area contributed by atoms with E-state index in [-0.39, 0.29) is 0 Å². The maximum atomic E-state index is 11.1. The summed E-state index contributed by atoms with van der Waals surface area (Å²) in [4.78, 5) is 11.1. The van der Waals surface area contributed by atoms with Crippen molar-refractivity contribution in [3.63, 3.8) is 0 Å². The summed E-state index contributed by atoms with van der Waals surface area (Å²) >= 11 is 6.06. The van der Waals surface area contributed by atoms with Crippen LogP contribution < -0.4 is 5.32 Å². The highest BCUT2D eigenvalue weighted by Gasteiger charge is 2.18. The zero-order valence-electron chi connectivity index (χ0n) is 9.42. The number of benzene rings is 1. The average molecular weight is 238 g/mol. The van der Waals surface area contributed by atoms with E-state index in [9.17, 15) is 4.79 Å². The molecule has 0 aliphatic heterocycles. The summed E-state index contributed by atoms with van der Waals surface area (Å²) < 4.78 is 0. The largest absolute Gasteiger partial charge is 0.382 e. The predicted octanol–water partition coefficient (Wildman–Crippen LogP) is 3.57. The molecule has 0 atom stereocenters. The Morgan fingerprint density at radius 2 is 2.00 bits per heavy atom. The Hall–Kier alpha value is -1.02. The standard InChI is InChI=1S/C13H16ClNO/c1-9-2-3-11(8-13(9)14)15-10-4-6-12(16)7-5-10/h2-3,8,10,15H,4-7H2,1H3. The van der Waals surface area contributed by atoms with Gasteiger partial charge in [-0.05, 0) is 37.5 Å². The van der Waals surface area contributed by atoms with E-state index in [1.807, 2.05) is 25.1 Å². The lowest BCUT2D eigenvalue weighted by Crippen LogP contribution is -2.25. The summed E-state index contributed by atoms with van der Waals surface area (Å²) in [6.45, 7) is 1.99. The highest BCUT2D eigenvalue weighted by Crippen LogP contribution is 2.23. The van der Waals surface area contributed by atoms with Gasteiger partial charge in [-0.1, -0.05) is 17.7 Å². The van der Waals surface area contributed by atoms with Crippen LogP contribution in [0, 0.1) is 6.92 Å². The molecule has 0 unspecified atom stereocenters. The molecule has 0 heterocycles. The quantitative estimate of drug-likeness (QED) is 0.852. The van der Waals surface area contributed by atoms with Crippen LogP contribution in [0.15, 0.2) is 18.2 Å². The summed E-state index contributed by atoms with van der Waals surface area (Å²) in [7, 11) is 0. The van der Waals surface area contributed by atoms with Gasteiger partial charge in [0.05, 0.1) is 0 Å². The number of halogens is 1. The van der Waals surface area contributed by atoms with E-state index in [0.29, 0.717) is 24.7 Å². The van der Waals surface area contributed by atoms with Crippen LogP contribution in [0.4, 0.5) is 5.69 Å². The van der Waals surface area contributed by atoms with Crippen LogP contribution in [0.1, 0.15) is 31.2 Å². The molecule has 1 fully saturated rings. The number of ketones is 1. The molecule has 1 saturated carbocycles. The van der Waals surface area contributed by atoms with Gasteiger partial charge in [-0.15, -0.1) is 0 Å². The van der Waals surface area contributed by atoms with Crippen LogP contribution in [-0.4, -0.2) is 11.8 Å². The second-order valence-electron chi connectivity index (χ2n) is 4.42. The van der Waals surface area contributed by atoms with Gasteiger partial charge in [-0.25, -0.2) is 0 Å². The average Bonchev–Trinajstić information content (AvgIpc) is 2.27. The first-order valence-electron chi connectivity index (χ1n) is 5.69. The molecule has 0 aromatic heterocycles. The predicted molar refractivity (Wildman–Crippen MR) is 67.1 cm³/mol. The van der Waals surface area contributed by atoms with E-state index in [2.05, 4.69) is 5.32 Å². The lowest BCUT2D eigenvalue weighted by Gasteiger charge is -2.23. The van der Waals surface area contributed by atoms with Crippen LogP contribution in [0.2, 0.25) is 5.02 Å². The smallest absolute Gasteiger partial charge is 0.133 e. The van der Waals surface area contributed by atoms with E-state index in [1.165, 1.54) is 0 Å². The maximum Gasteiger partial charge on any atom is 0.133 e. The highest BCUT2D eigenvalue weighted by molar-refractivity contribution is 6.31. The van der Waals surface area contributed by atoms with Crippen LogP contribution in [-0.2, 0) is 4.79 Å². The van der Waals surface area contributed by atoms with Gasteiger partial charge < -0.3 is 5.32 Å². The van der Waals surface area contributed by atoms with Crippen molar-refractivity contribution in [1.82, 2.24) is 0 Å². The number of anilines is 1. The van der Waals surface area contributed by atoms with Gasteiger partial charge in [0.25, 0.3) is 0 Å². The lowest BCUT2D eigenvalue weighted by atomic mass is 9.94. The van der Waals surface area contributed by atoms with Crippen LogP contribution in [0.25, 0.3) is 0 Å². The summed E-state index contributed by atoms with van der Waals surface area (Å²) in [5.74, 6) is 0.389. The molecule has 16 heavy (non-hydrogen) atoms. The minimum absolute atomic E-state index is 0.389. The van der Waals surface area contributed by atoms with Gasteiger partial charge in [0.15, 0.2) is 0 Å². The fourth-order valence-corrected chi connectivity index (χ4v) is 2.18. The van der Waals surface area contributed by atoms with Crippen molar-refractivity contribution in [1.29, 1.82) is 0 Å². The summed E-state index contributed by atoms with van der Waals surface area (Å²) in [6, 6.07) is 6.42. The molecule has 1 aliphatic carbocycles. The minimum Gasteiger partial charge on any atom is -0.382 e. The van der Waals surface area contributed by atoms with Crippen molar-refractivity contribution in [2.75, 3.05) is 5.32 Å². The van der Waals surface area contributed by atoms with E-state index in [4.69, 9.17) is 11.6 Å². The normalized spacial score (nSPS) is 17.5. The van der Waals surface area contributed by atoms with Crippen molar-refractivity contribution < 1.29 is 4.79 Å². The molecule has 86 valence electrons. The summed E-state index contributed by atoms with van der Waals surface area (Å²) in [5.41, 5.74) is 2.14. The van der Waals surface area contributed by atoms with Crippen molar-refractivity contribution >= 4 is 23.1 Å². The molecule has 2 nitrogen and oxygen atoms in total. The van der Waals surface area contributed by atoms with Gasteiger partial charge in [0.2, 0.25) is 0 Å². The van der Waals surface area contributed by atoms with E-state index in [0.717, 1.165) is 29.1 Å². The van der Waals surface area contributed by atoms with E-state index in [1.54, 1.807) is 0 Å². The Bertz CT molecular complexity index is 393. The molecule has 1 aliphatic rings. The number of hydrogen-bond acceptors (Lipinski definition) is 2. The Morgan fingerprint density at radius 1 is 1.31 bits per heavy atom. The molecular weight excluding hydrogens is 222 g/mol. The zero-order valence-corrected chi connectivity index (χ0v) is 10.2. The summed E-state index contributed by atoms with van der Waals surface area (Å²) in [6.07, 6.45) is 3.28. The first-order valence-corrected chi connectivity index (χ1v) is 6.07. The van der Waals surface area contributed by atoms with Gasteiger partial charge >= 0.3 is 0 Å². The molecule has 0 saturated heterocycles. The molecule has 0 radical (unpaired) electrons. The van der Waals surface area contributed by atoms with Crippen LogP contribution >= 0.6 is 11.6 Å². The third kappa shape index (κ3) is 2.76. The summed E-state index contributed by atoms with van der Waals surface area (Å²) in [5, 5.41) is 4.22. The number of aryl methyl sites for hydroxylation is 1. The molecule has 0 spiro atoms. The molecule has 3 heteroatoms. The van der Waals surface area contributed by atoms with Gasteiger partial charge in [-0.3, -0.25) is 4.79 Å². The third-order valence-corrected chi connectivity index (χ3v) is 3.49. The van der Waals surface area contributed by atoms with Gasteiger partial charge in [0.1, 0.15) is 5.78 Å². The number of rotatable bonds is 2. The first-order chi connectivity index (χ1) is 7.65. The van der Waals surface area contributed by atoms with Gasteiger partial charge in [0, 0.05) is 29.6 Å². The minimum atomic E-state index is 0.389. The van der Waals surface area contributed by atoms with E-state index >= 15 is 0 Å². The third-order valence-electron chi connectivity index (χ3n) is 3.09. The Labute approximate surface area is 101 Å². The number of hydrogen-bond donors (Lipinski definition) is 1. The fourth-order valence-electron chi connectivity index (χ4n) is 2.00. The van der Waals surface area contributed by atoms with Gasteiger partial charge in [-0.2, -0.15) is 0 Å². The molecule has 0 amide bonds. The number of nitrogens with one attached hydrogen (secondary N) is 1. The second kappa shape index (κ2) is 4.88. The monoisotopic (exact) mass is 237 g/mol. The number of carbonyl (C=O) groups is 1. The van der Waals surface area contributed by atoms with Crippen LogP contribution in [0.5, 0.6) is 0 Å². The first kappa shape index (κ1) is 11.5.